The second kappa shape index (κ2) is 5.49. The molecular weight excluding hydrogens is 242 g/mol. The van der Waals surface area contributed by atoms with Crippen molar-refractivity contribution in [3.63, 3.8) is 0 Å². The largest absolute Gasteiger partial charge is 0.392 e. The molecule has 78 valence electrons. The lowest BCUT2D eigenvalue weighted by Gasteiger charge is -2.08. The molecule has 0 aliphatic rings. The maximum atomic E-state index is 9.07. The summed E-state index contributed by atoms with van der Waals surface area (Å²) >= 11 is 3.51. The van der Waals surface area contributed by atoms with Gasteiger partial charge in [0.15, 0.2) is 0 Å². The van der Waals surface area contributed by atoms with Gasteiger partial charge in [-0.25, -0.2) is 0 Å². The number of rotatable bonds is 4. The van der Waals surface area contributed by atoms with Crippen molar-refractivity contribution in [1.82, 2.24) is 5.32 Å². The summed E-state index contributed by atoms with van der Waals surface area (Å²) < 4.78 is 1.12. The highest BCUT2D eigenvalue weighted by atomic mass is 79.9. The number of aliphatic hydroxyl groups is 1. The zero-order valence-electron chi connectivity index (χ0n) is 8.55. The zero-order chi connectivity index (χ0) is 10.6. The number of nitrogens with one attached hydrogen (secondary N) is 1. The van der Waals surface area contributed by atoms with Crippen molar-refractivity contribution in [3.05, 3.63) is 33.8 Å². The minimum atomic E-state index is -0.292. The highest BCUT2D eigenvalue weighted by Crippen LogP contribution is 2.17. The molecule has 0 aliphatic heterocycles. The van der Waals surface area contributed by atoms with Crippen molar-refractivity contribution in [2.75, 3.05) is 6.54 Å². The Hall–Kier alpha value is -0.380. The van der Waals surface area contributed by atoms with Gasteiger partial charge < -0.3 is 10.4 Å². The van der Waals surface area contributed by atoms with E-state index >= 15 is 0 Å². The molecule has 0 spiro atoms. The zero-order valence-corrected chi connectivity index (χ0v) is 10.1. The number of hydrogen-bond donors (Lipinski definition) is 2. The topological polar surface area (TPSA) is 32.3 Å². The second-order valence-corrected chi connectivity index (χ2v) is 4.43. The fourth-order valence-corrected chi connectivity index (χ4v) is 1.84. The third kappa shape index (κ3) is 3.78. The first kappa shape index (κ1) is 11.7. The van der Waals surface area contributed by atoms with Crippen molar-refractivity contribution in [3.8, 4) is 0 Å². The van der Waals surface area contributed by atoms with Crippen LogP contribution in [-0.4, -0.2) is 17.8 Å². The van der Waals surface area contributed by atoms with Gasteiger partial charge in [-0.1, -0.05) is 28.1 Å². The summed E-state index contributed by atoms with van der Waals surface area (Å²) in [6.45, 7) is 5.25. The average Bonchev–Trinajstić information content (AvgIpc) is 2.08. The molecule has 2 N–H and O–H groups in total. The van der Waals surface area contributed by atoms with E-state index in [1.54, 1.807) is 6.92 Å². The first-order valence-electron chi connectivity index (χ1n) is 4.73. The summed E-state index contributed by atoms with van der Waals surface area (Å²) in [7, 11) is 0. The van der Waals surface area contributed by atoms with Gasteiger partial charge in [0, 0.05) is 17.6 Å². The van der Waals surface area contributed by atoms with E-state index in [-0.39, 0.29) is 6.10 Å². The molecule has 0 bridgehead atoms. The van der Waals surface area contributed by atoms with Crippen molar-refractivity contribution in [2.45, 2.75) is 26.5 Å². The van der Waals surface area contributed by atoms with Gasteiger partial charge in [-0.2, -0.15) is 0 Å². The summed E-state index contributed by atoms with van der Waals surface area (Å²) in [5.41, 5.74) is 2.47. The van der Waals surface area contributed by atoms with Crippen LogP contribution in [0.3, 0.4) is 0 Å². The van der Waals surface area contributed by atoms with Gasteiger partial charge in [0.05, 0.1) is 6.10 Å². The Morgan fingerprint density at radius 3 is 2.79 bits per heavy atom. The summed E-state index contributed by atoms with van der Waals surface area (Å²) in [4.78, 5) is 0. The maximum absolute atomic E-state index is 9.07. The number of aliphatic hydroxyl groups excluding tert-OH is 1. The van der Waals surface area contributed by atoms with Crippen LogP contribution in [0.5, 0.6) is 0 Å². The quantitative estimate of drug-likeness (QED) is 0.868. The predicted molar refractivity (Wildman–Crippen MR) is 62.3 cm³/mol. The molecule has 3 heteroatoms. The van der Waals surface area contributed by atoms with Crippen LogP contribution < -0.4 is 5.32 Å². The summed E-state index contributed by atoms with van der Waals surface area (Å²) in [6, 6.07) is 6.28. The van der Waals surface area contributed by atoms with Gasteiger partial charge >= 0.3 is 0 Å². The standard InChI is InChI=1S/C11H16BrNO/c1-8-3-4-10(11(12)5-8)7-13-6-9(2)14/h3-5,9,13-14H,6-7H2,1-2H3/t9-/m0/s1. The summed E-state index contributed by atoms with van der Waals surface area (Å²) in [5.74, 6) is 0. The molecule has 0 radical (unpaired) electrons. The molecule has 1 aromatic rings. The van der Waals surface area contributed by atoms with E-state index < -0.39 is 0 Å². The Morgan fingerprint density at radius 2 is 2.21 bits per heavy atom. The van der Waals surface area contributed by atoms with Crippen molar-refractivity contribution >= 4 is 15.9 Å². The lowest BCUT2D eigenvalue weighted by Crippen LogP contribution is -2.23. The second-order valence-electron chi connectivity index (χ2n) is 3.57. The number of halogens is 1. The van der Waals surface area contributed by atoms with Crippen molar-refractivity contribution in [1.29, 1.82) is 0 Å². The third-order valence-electron chi connectivity index (χ3n) is 1.96. The Kier molecular flexibility index (Phi) is 4.58. The van der Waals surface area contributed by atoms with Gasteiger partial charge in [0.1, 0.15) is 0 Å². The summed E-state index contributed by atoms with van der Waals surface area (Å²) in [5, 5.41) is 12.3. The number of aryl methyl sites for hydroxylation is 1. The third-order valence-corrected chi connectivity index (χ3v) is 2.70. The van der Waals surface area contributed by atoms with Crippen molar-refractivity contribution < 1.29 is 5.11 Å². The molecule has 0 fully saturated rings. The fraction of sp³-hybridized carbons (Fsp3) is 0.455. The van der Waals surface area contributed by atoms with E-state index in [2.05, 4.69) is 46.4 Å². The SMILES string of the molecule is Cc1ccc(CNC[C@H](C)O)c(Br)c1. The molecule has 0 heterocycles. The van der Waals surface area contributed by atoms with Crippen LogP contribution in [0.25, 0.3) is 0 Å². The number of benzene rings is 1. The highest BCUT2D eigenvalue weighted by Gasteiger charge is 2.00. The average molecular weight is 258 g/mol. The van der Waals surface area contributed by atoms with E-state index in [4.69, 9.17) is 5.11 Å². The Labute approximate surface area is 93.5 Å². The molecule has 14 heavy (non-hydrogen) atoms. The van der Waals surface area contributed by atoms with Gasteiger partial charge in [-0.15, -0.1) is 0 Å². The first-order chi connectivity index (χ1) is 6.59. The van der Waals surface area contributed by atoms with E-state index in [1.807, 2.05) is 0 Å². The molecule has 0 saturated heterocycles. The Balaban J connectivity index is 2.51. The normalized spacial score (nSPS) is 12.9. The van der Waals surface area contributed by atoms with Crippen LogP contribution in [-0.2, 0) is 6.54 Å². The molecule has 1 atom stereocenters. The molecule has 2 nitrogen and oxygen atoms in total. The molecular formula is C11H16BrNO. The van der Waals surface area contributed by atoms with Crippen LogP contribution >= 0.6 is 15.9 Å². The minimum Gasteiger partial charge on any atom is -0.392 e. The van der Waals surface area contributed by atoms with Gasteiger partial charge in [0.2, 0.25) is 0 Å². The molecule has 0 amide bonds. The molecule has 0 aliphatic carbocycles. The lowest BCUT2D eigenvalue weighted by molar-refractivity contribution is 0.191. The van der Waals surface area contributed by atoms with Crippen molar-refractivity contribution in [2.24, 2.45) is 0 Å². The molecule has 0 unspecified atom stereocenters. The summed E-state index contributed by atoms with van der Waals surface area (Å²) in [6.07, 6.45) is -0.292. The number of hydrogen-bond acceptors (Lipinski definition) is 2. The van der Waals surface area contributed by atoms with Crippen LogP contribution in [0.2, 0.25) is 0 Å². The molecule has 1 aromatic carbocycles. The van der Waals surface area contributed by atoms with Crippen LogP contribution in [0.15, 0.2) is 22.7 Å². The first-order valence-corrected chi connectivity index (χ1v) is 5.52. The molecule has 1 rings (SSSR count). The Morgan fingerprint density at radius 1 is 1.50 bits per heavy atom. The molecule has 0 saturated carbocycles. The lowest BCUT2D eigenvalue weighted by atomic mass is 10.1. The fourth-order valence-electron chi connectivity index (χ4n) is 1.21. The van der Waals surface area contributed by atoms with Crippen LogP contribution in [0.4, 0.5) is 0 Å². The van der Waals surface area contributed by atoms with Gasteiger partial charge in [-0.3, -0.25) is 0 Å². The van der Waals surface area contributed by atoms with Gasteiger partial charge in [0.25, 0.3) is 0 Å². The molecule has 0 aromatic heterocycles. The van der Waals surface area contributed by atoms with E-state index in [0.717, 1.165) is 11.0 Å². The van der Waals surface area contributed by atoms with Crippen LogP contribution in [0.1, 0.15) is 18.1 Å². The predicted octanol–water partition coefficient (Wildman–Crippen LogP) is 2.23. The van der Waals surface area contributed by atoms with E-state index in [9.17, 15) is 0 Å². The monoisotopic (exact) mass is 257 g/mol. The minimum absolute atomic E-state index is 0.292. The Bertz CT molecular complexity index is 299. The highest BCUT2D eigenvalue weighted by molar-refractivity contribution is 9.10. The van der Waals surface area contributed by atoms with E-state index in [1.165, 1.54) is 11.1 Å². The van der Waals surface area contributed by atoms with Gasteiger partial charge in [-0.05, 0) is 31.0 Å². The maximum Gasteiger partial charge on any atom is 0.0636 e. The van der Waals surface area contributed by atoms with E-state index in [0.29, 0.717) is 6.54 Å². The van der Waals surface area contributed by atoms with Crippen LogP contribution in [0, 0.1) is 6.92 Å². The smallest absolute Gasteiger partial charge is 0.0636 e.